The van der Waals surface area contributed by atoms with Crippen LogP contribution in [-0.4, -0.2) is 9.97 Å². The zero-order valence-electron chi connectivity index (χ0n) is 41.2. The van der Waals surface area contributed by atoms with Gasteiger partial charge in [-0.2, -0.15) is 0 Å². The molecule has 0 fully saturated rings. The van der Waals surface area contributed by atoms with Crippen molar-refractivity contribution >= 4 is 21.5 Å². The van der Waals surface area contributed by atoms with Crippen molar-refractivity contribution in [1.82, 2.24) is 9.97 Å². The van der Waals surface area contributed by atoms with Crippen molar-refractivity contribution < 1.29 is 21.9 Å². The van der Waals surface area contributed by atoms with Crippen LogP contribution in [0.3, 0.4) is 0 Å². The van der Waals surface area contributed by atoms with Gasteiger partial charge in [0, 0.05) is 22.1 Å². The third-order valence-corrected chi connectivity index (χ3v) is 8.80. The first-order valence-corrected chi connectivity index (χ1v) is 14.9. The lowest BCUT2D eigenvalue weighted by atomic mass is 9.81. The lowest BCUT2D eigenvalue weighted by Gasteiger charge is -2.22. The van der Waals surface area contributed by atoms with Crippen LogP contribution in [0.1, 0.15) is 46.9 Å². The van der Waals surface area contributed by atoms with Gasteiger partial charge >= 0.3 is 0 Å². The molecule has 2 nitrogen and oxygen atoms in total. The first-order valence-electron chi connectivity index (χ1n) is 22.9. The standard InChI is InChI=1S/C45H32N2/c1-45(2)39-23-13-22-36(43(39)38-26-31-18-9-10-19-32(31)27-40(38)45)35-24-25-37(34-21-12-11-20-33(34)35)44-46-41(29-14-5-3-6-15-29)28-42(47-44)30-16-7-4-8-17-30/h3-28H,1-2H3/i3D,4D,5D,6D,7D,8D,11D,12D,14D,15D,16D,17D,20D,21D,24D,25D. The molecule has 1 heterocycles. The summed E-state index contributed by atoms with van der Waals surface area (Å²) in [4.78, 5) is 9.16. The average Bonchev–Trinajstić information content (AvgIpc) is 3.49. The predicted octanol–water partition coefficient (Wildman–Crippen LogP) is 11.8. The lowest BCUT2D eigenvalue weighted by Crippen LogP contribution is -2.14. The quantitative estimate of drug-likeness (QED) is 0.197. The fourth-order valence-electron chi connectivity index (χ4n) is 6.56. The maximum atomic E-state index is 9.75. The van der Waals surface area contributed by atoms with Crippen LogP contribution in [0.2, 0.25) is 0 Å². The summed E-state index contributed by atoms with van der Waals surface area (Å²) >= 11 is 0. The van der Waals surface area contributed by atoms with Gasteiger partial charge in [-0.15, -0.1) is 0 Å². The van der Waals surface area contributed by atoms with E-state index < -0.39 is 125 Å². The number of fused-ring (bicyclic) bond motifs is 5. The molecule has 8 aromatic rings. The minimum absolute atomic E-state index is 0.0343. The van der Waals surface area contributed by atoms with E-state index in [1.165, 1.54) is 0 Å². The van der Waals surface area contributed by atoms with Crippen molar-refractivity contribution in [3.05, 3.63) is 168 Å². The van der Waals surface area contributed by atoms with E-state index in [9.17, 15) is 5.48 Å². The second kappa shape index (κ2) is 10.6. The van der Waals surface area contributed by atoms with E-state index in [1.54, 1.807) is 12.1 Å². The first-order chi connectivity index (χ1) is 29.7. The molecule has 222 valence electrons. The van der Waals surface area contributed by atoms with Crippen molar-refractivity contribution in [3.63, 3.8) is 0 Å². The van der Waals surface area contributed by atoms with E-state index in [4.69, 9.17) is 16.4 Å². The Balaban J connectivity index is 1.44. The molecule has 0 radical (unpaired) electrons. The van der Waals surface area contributed by atoms with E-state index in [1.807, 2.05) is 30.3 Å². The zero-order valence-corrected chi connectivity index (χ0v) is 25.2. The number of hydrogen-bond donors (Lipinski definition) is 0. The highest BCUT2D eigenvalue weighted by molar-refractivity contribution is 6.08. The molecule has 0 saturated carbocycles. The van der Waals surface area contributed by atoms with Crippen LogP contribution in [0.15, 0.2) is 157 Å². The van der Waals surface area contributed by atoms with Crippen molar-refractivity contribution in [3.8, 4) is 56.2 Å². The van der Waals surface area contributed by atoms with Crippen LogP contribution in [0.5, 0.6) is 0 Å². The van der Waals surface area contributed by atoms with Crippen molar-refractivity contribution in [1.29, 1.82) is 0 Å². The molecule has 0 spiro atoms. The minimum Gasteiger partial charge on any atom is -0.228 e. The fraction of sp³-hybridized carbons (Fsp3) is 0.0667. The second-order valence-corrected chi connectivity index (χ2v) is 11.8. The third kappa shape index (κ3) is 4.40. The molecule has 2 heteroatoms. The van der Waals surface area contributed by atoms with Gasteiger partial charge in [0.2, 0.25) is 0 Å². The number of rotatable bonds is 4. The molecule has 0 unspecified atom stereocenters. The number of hydrogen-bond acceptors (Lipinski definition) is 2. The van der Waals surface area contributed by atoms with E-state index in [-0.39, 0.29) is 27.7 Å². The summed E-state index contributed by atoms with van der Waals surface area (Å²) < 4.78 is 141. The molecule has 7 aromatic carbocycles. The number of benzene rings is 7. The topological polar surface area (TPSA) is 25.8 Å². The molecule has 0 N–H and O–H groups in total. The molecular formula is C45H32N2. The molecular weight excluding hydrogens is 569 g/mol. The number of nitrogens with zero attached hydrogens (tertiary/aromatic N) is 2. The van der Waals surface area contributed by atoms with Gasteiger partial charge in [-0.1, -0.05) is 147 Å². The van der Waals surface area contributed by atoms with Gasteiger partial charge in [-0.05, 0) is 79.2 Å². The van der Waals surface area contributed by atoms with Gasteiger partial charge in [-0.25, -0.2) is 9.97 Å². The predicted molar refractivity (Wildman–Crippen MR) is 196 cm³/mol. The van der Waals surface area contributed by atoms with Gasteiger partial charge in [0.25, 0.3) is 0 Å². The highest BCUT2D eigenvalue weighted by atomic mass is 14.9. The molecule has 0 amide bonds. The number of aromatic nitrogens is 2. The van der Waals surface area contributed by atoms with Crippen LogP contribution in [-0.2, 0) is 5.41 Å². The Morgan fingerprint density at radius 2 is 1.06 bits per heavy atom. The molecule has 0 atom stereocenters. The summed E-state index contributed by atoms with van der Waals surface area (Å²) in [5, 5.41) is 1.57. The minimum atomic E-state index is -0.720. The first kappa shape index (κ1) is 15.6. The monoisotopic (exact) mass is 616 g/mol. The molecule has 1 aliphatic rings. The Hall–Kier alpha value is -5.86. The normalized spacial score (nSPS) is 17.8. The van der Waals surface area contributed by atoms with Crippen molar-refractivity contribution in [2.24, 2.45) is 0 Å². The van der Waals surface area contributed by atoms with Crippen molar-refractivity contribution in [2.45, 2.75) is 19.3 Å². The Morgan fingerprint density at radius 3 is 1.72 bits per heavy atom. The van der Waals surface area contributed by atoms with Gasteiger partial charge in [0.1, 0.15) is 0 Å². The molecule has 0 bridgehead atoms. The second-order valence-electron chi connectivity index (χ2n) is 11.8. The van der Waals surface area contributed by atoms with Gasteiger partial charge in [0.05, 0.1) is 33.3 Å². The Morgan fingerprint density at radius 1 is 0.489 bits per heavy atom. The molecule has 0 aliphatic heterocycles. The smallest absolute Gasteiger partial charge is 0.161 e. The van der Waals surface area contributed by atoms with Crippen LogP contribution in [0.4, 0.5) is 0 Å². The SMILES string of the molecule is [2H]c1c([2H])c([2H])c(-c2cc(-c3c([2H])c([2H])c([2H])c([2H])c3[2H])nc(-c3c([2H])c([2H])c(-c4cccc5c4-c4cc6ccccc6cc4C5(C)C)c4c([2H])c([2H])c([2H])c([2H])c34)n2)c([2H])c1[2H]. The Bertz CT molecular complexity index is 3250. The van der Waals surface area contributed by atoms with E-state index in [0.29, 0.717) is 5.56 Å². The molecule has 9 rings (SSSR count). The third-order valence-electron chi connectivity index (χ3n) is 8.80. The maximum Gasteiger partial charge on any atom is 0.161 e. The van der Waals surface area contributed by atoms with Crippen LogP contribution < -0.4 is 0 Å². The van der Waals surface area contributed by atoms with Crippen LogP contribution >= 0.6 is 0 Å². The van der Waals surface area contributed by atoms with Gasteiger partial charge in [-0.3, -0.25) is 0 Å². The zero-order chi connectivity index (χ0) is 45.5. The Labute approximate surface area is 297 Å². The summed E-state index contributed by atoms with van der Waals surface area (Å²) in [7, 11) is 0. The van der Waals surface area contributed by atoms with Crippen molar-refractivity contribution in [2.75, 3.05) is 0 Å². The largest absolute Gasteiger partial charge is 0.228 e. The average molecular weight is 617 g/mol. The molecule has 0 saturated heterocycles. The summed E-state index contributed by atoms with van der Waals surface area (Å²) in [6.45, 7) is 4.15. The van der Waals surface area contributed by atoms with E-state index in [0.717, 1.165) is 39.1 Å². The highest BCUT2D eigenvalue weighted by Gasteiger charge is 2.37. The van der Waals surface area contributed by atoms with Crippen LogP contribution in [0, 0.1) is 0 Å². The molecule has 1 aliphatic carbocycles. The van der Waals surface area contributed by atoms with E-state index in [2.05, 4.69) is 35.9 Å². The summed E-state index contributed by atoms with van der Waals surface area (Å²) in [6.07, 6.45) is 0. The lowest BCUT2D eigenvalue weighted by molar-refractivity contribution is 0.661. The fourth-order valence-corrected chi connectivity index (χ4v) is 6.56. The highest BCUT2D eigenvalue weighted by Crippen LogP contribution is 2.54. The maximum absolute atomic E-state index is 9.75. The summed E-state index contributed by atoms with van der Waals surface area (Å²) in [5.41, 5.74) is 1.34. The van der Waals surface area contributed by atoms with Gasteiger partial charge < -0.3 is 0 Å². The summed E-state index contributed by atoms with van der Waals surface area (Å²) in [6, 6.07) is 8.10. The molecule has 1 aromatic heterocycles. The summed E-state index contributed by atoms with van der Waals surface area (Å²) in [5.74, 6) is -0.530. The van der Waals surface area contributed by atoms with Crippen LogP contribution in [0.25, 0.3) is 77.7 Å². The van der Waals surface area contributed by atoms with E-state index >= 15 is 0 Å². The Kier molecular flexibility index (Phi) is 3.53. The van der Waals surface area contributed by atoms with Gasteiger partial charge in [0.15, 0.2) is 5.82 Å². The molecule has 47 heavy (non-hydrogen) atoms.